The number of aliphatic hydroxyl groups is 2. The zero-order chi connectivity index (χ0) is 10.1. The van der Waals surface area contributed by atoms with Crippen molar-refractivity contribution in [2.45, 2.75) is 19.4 Å². The van der Waals surface area contributed by atoms with Crippen LogP contribution < -0.4 is 11.1 Å². The van der Waals surface area contributed by atoms with Gasteiger partial charge in [-0.1, -0.05) is 0 Å². The fraction of sp³-hybridized carbons (Fsp3) is 0.556. The zero-order valence-electron chi connectivity index (χ0n) is 7.96. The molecule has 0 atom stereocenters. The van der Waals surface area contributed by atoms with Gasteiger partial charge in [-0.3, -0.25) is 0 Å². The Bertz CT molecular complexity index is 267. The maximum atomic E-state index is 9.78. The highest BCUT2D eigenvalue weighted by molar-refractivity contribution is 5.41. The summed E-state index contributed by atoms with van der Waals surface area (Å²) in [7, 11) is 0. The summed E-state index contributed by atoms with van der Waals surface area (Å²) in [6.07, 6.45) is 1.70. The van der Waals surface area contributed by atoms with Crippen molar-refractivity contribution in [3.8, 4) is 0 Å². The van der Waals surface area contributed by atoms with Gasteiger partial charge in [0.15, 0.2) is 0 Å². The van der Waals surface area contributed by atoms with Crippen molar-refractivity contribution in [1.29, 1.82) is 0 Å². The quantitative estimate of drug-likeness (QED) is 0.487. The third-order valence-corrected chi connectivity index (χ3v) is 2.25. The highest BCUT2D eigenvalue weighted by Gasteiger charge is 2.29. The van der Waals surface area contributed by atoms with Gasteiger partial charge in [-0.15, -0.1) is 0 Å². The summed E-state index contributed by atoms with van der Waals surface area (Å²) in [6, 6.07) is 0. The molecule has 4 nitrogen and oxygen atoms in total. The molecule has 1 aliphatic heterocycles. The Morgan fingerprint density at radius 2 is 2.15 bits per heavy atom. The van der Waals surface area contributed by atoms with E-state index in [1.54, 1.807) is 6.20 Å². The molecule has 0 fully saturated rings. The fourth-order valence-corrected chi connectivity index (χ4v) is 1.32. The number of nitrogens with one attached hydrogen (secondary N) is 1. The number of rotatable bonds is 2. The third kappa shape index (κ3) is 1.68. The number of hydrogen-bond acceptors (Lipinski definition) is 4. The van der Waals surface area contributed by atoms with Gasteiger partial charge in [0.05, 0.1) is 12.1 Å². The van der Waals surface area contributed by atoms with Gasteiger partial charge in [0.1, 0.15) is 5.76 Å². The van der Waals surface area contributed by atoms with E-state index in [4.69, 9.17) is 10.8 Å². The van der Waals surface area contributed by atoms with Crippen LogP contribution in [-0.4, -0.2) is 28.9 Å². The minimum atomic E-state index is -0.493. The molecular weight excluding hydrogens is 168 g/mol. The summed E-state index contributed by atoms with van der Waals surface area (Å²) in [5.74, 6) is 0.210. The Morgan fingerprint density at radius 3 is 2.62 bits per heavy atom. The van der Waals surface area contributed by atoms with Crippen LogP contribution in [0, 0.1) is 0 Å². The van der Waals surface area contributed by atoms with Crippen molar-refractivity contribution in [2.75, 3.05) is 13.2 Å². The molecule has 0 saturated carbocycles. The molecule has 0 aromatic carbocycles. The van der Waals surface area contributed by atoms with Crippen LogP contribution in [-0.2, 0) is 0 Å². The highest BCUT2D eigenvalue weighted by Crippen LogP contribution is 2.25. The van der Waals surface area contributed by atoms with Gasteiger partial charge in [0.2, 0.25) is 0 Å². The van der Waals surface area contributed by atoms with E-state index in [2.05, 4.69) is 5.32 Å². The van der Waals surface area contributed by atoms with E-state index in [0.717, 1.165) is 0 Å². The van der Waals surface area contributed by atoms with Crippen LogP contribution in [0.1, 0.15) is 13.8 Å². The zero-order valence-corrected chi connectivity index (χ0v) is 7.96. The second-order valence-corrected chi connectivity index (χ2v) is 3.63. The van der Waals surface area contributed by atoms with Crippen LogP contribution in [0.25, 0.3) is 0 Å². The summed E-state index contributed by atoms with van der Waals surface area (Å²) in [5.41, 5.74) is 6.27. The van der Waals surface area contributed by atoms with Crippen LogP contribution in [0.15, 0.2) is 23.1 Å². The maximum absolute atomic E-state index is 9.78. The van der Waals surface area contributed by atoms with Crippen molar-refractivity contribution in [2.24, 2.45) is 5.73 Å². The largest absolute Gasteiger partial charge is 0.509 e. The minimum absolute atomic E-state index is 0.111. The van der Waals surface area contributed by atoms with E-state index in [0.29, 0.717) is 11.1 Å². The summed E-state index contributed by atoms with van der Waals surface area (Å²) < 4.78 is 0. The molecule has 0 unspecified atom stereocenters. The van der Waals surface area contributed by atoms with Gasteiger partial charge in [-0.05, 0) is 13.8 Å². The molecule has 13 heavy (non-hydrogen) atoms. The summed E-state index contributed by atoms with van der Waals surface area (Å²) in [6.45, 7) is 3.83. The lowest BCUT2D eigenvalue weighted by Crippen LogP contribution is -2.42. The van der Waals surface area contributed by atoms with Crippen LogP contribution in [0.2, 0.25) is 0 Å². The lowest BCUT2D eigenvalue weighted by Gasteiger charge is -2.31. The first-order chi connectivity index (χ1) is 6.03. The van der Waals surface area contributed by atoms with E-state index < -0.39 is 5.54 Å². The van der Waals surface area contributed by atoms with Crippen molar-refractivity contribution in [3.63, 3.8) is 0 Å². The highest BCUT2D eigenvalue weighted by atomic mass is 16.3. The SMILES string of the molecule is CC1(C)NC=C(CO)C(CN)=C1O. The summed E-state index contributed by atoms with van der Waals surface area (Å²) >= 11 is 0. The second kappa shape index (κ2) is 3.40. The Morgan fingerprint density at radius 1 is 1.54 bits per heavy atom. The standard InChI is InChI=1S/C9H16N2O2/c1-9(2)8(13)7(3-10)6(5-12)4-11-9/h4,11-13H,3,5,10H2,1-2H3. The first-order valence-corrected chi connectivity index (χ1v) is 4.23. The molecule has 0 aliphatic carbocycles. The summed E-state index contributed by atoms with van der Waals surface area (Å²) in [4.78, 5) is 0. The van der Waals surface area contributed by atoms with E-state index in [-0.39, 0.29) is 18.9 Å². The predicted molar refractivity (Wildman–Crippen MR) is 51.1 cm³/mol. The van der Waals surface area contributed by atoms with Crippen LogP contribution in [0.4, 0.5) is 0 Å². The molecule has 4 heteroatoms. The molecule has 0 bridgehead atoms. The topological polar surface area (TPSA) is 78.5 Å². The first kappa shape index (κ1) is 10.1. The van der Waals surface area contributed by atoms with Gasteiger partial charge < -0.3 is 21.3 Å². The minimum Gasteiger partial charge on any atom is -0.509 e. The molecular formula is C9H16N2O2. The molecule has 0 aromatic rings. The average Bonchev–Trinajstić information content (AvgIpc) is 2.09. The van der Waals surface area contributed by atoms with E-state index in [1.165, 1.54) is 0 Å². The second-order valence-electron chi connectivity index (χ2n) is 3.63. The van der Waals surface area contributed by atoms with Crippen molar-refractivity contribution < 1.29 is 10.2 Å². The van der Waals surface area contributed by atoms with Gasteiger partial charge in [-0.2, -0.15) is 0 Å². The summed E-state index contributed by atoms with van der Waals surface area (Å²) in [5, 5.41) is 21.7. The molecule has 1 rings (SSSR count). The van der Waals surface area contributed by atoms with Crippen LogP contribution >= 0.6 is 0 Å². The third-order valence-electron chi connectivity index (χ3n) is 2.25. The maximum Gasteiger partial charge on any atom is 0.122 e. The van der Waals surface area contributed by atoms with Gasteiger partial charge >= 0.3 is 0 Å². The van der Waals surface area contributed by atoms with Crippen LogP contribution in [0.3, 0.4) is 0 Å². The first-order valence-electron chi connectivity index (χ1n) is 4.23. The molecule has 0 spiro atoms. The number of dihydropyridines is 1. The Balaban J connectivity index is 3.08. The van der Waals surface area contributed by atoms with Crippen LogP contribution in [0.5, 0.6) is 0 Å². The van der Waals surface area contributed by atoms with Crippen molar-refractivity contribution in [1.82, 2.24) is 5.32 Å². The van der Waals surface area contributed by atoms with Crippen molar-refractivity contribution in [3.05, 3.63) is 23.1 Å². The van der Waals surface area contributed by atoms with Gasteiger partial charge in [-0.25, -0.2) is 0 Å². The number of nitrogens with two attached hydrogens (primary N) is 1. The number of hydrogen-bond donors (Lipinski definition) is 4. The molecule has 1 aliphatic rings. The molecule has 74 valence electrons. The Labute approximate surface area is 77.8 Å². The Hall–Kier alpha value is -1.00. The van der Waals surface area contributed by atoms with Gasteiger partial charge in [0.25, 0.3) is 0 Å². The fourth-order valence-electron chi connectivity index (χ4n) is 1.32. The molecule has 0 radical (unpaired) electrons. The monoisotopic (exact) mass is 184 g/mol. The Kier molecular flexibility index (Phi) is 2.63. The lowest BCUT2D eigenvalue weighted by atomic mass is 9.91. The smallest absolute Gasteiger partial charge is 0.122 e. The molecule has 0 saturated heterocycles. The van der Waals surface area contributed by atoms with Gasteiger partial charge in [0, 0.05) is 23.9 Å². The molecule has 0 amide bonds. The number of aliphatic hydroxyl groups excluding tert-OH is 2. The predicted octanol–water partition coefficient (Wildman–Crippen LogP) is 0.0152. The molecule has 0 aromatic heterocycles. The van der Waals surface area contributed by atoms with E-state index in [9.17, 15) is 5.11 Å². The normalized spacial score (nSPS) is 21.1. The average molecular weight is 184 g/mol. The van der Waals surface area contributed by atoms with Crippen molar-refractivity contribution >= 4 is 0 Å². The molecule has 5 N–H and O–H groups in total. The lowest BCUT2D eigenvalue weighted by molar-refractivity contribution is 0.277. The molecule has 1 heterocycles. The van der Waals surface area contributed by atoms with E-state index >= 15 is 0 Å². The van der Waals surface area contributed by atoms with E-state index in [1.807, 2.05) is 13.8 Å².